The van der Waals surface area contributed by atoms with Crippen LogP contribution in [-0.2, 0) is 9.65 Å². The van der Waals surface area contributed by atoms with Crippen LogP contribution in [0.5, 0.6) is 5.75 Å². The molecule has 0 N–H and O–H groups in total. The normalized spacial score (nSPS) is 29.4. The number of ether oxygens (including phenoxy) is 1. The van der Waals surface area contributed by atoms with Crippen LogP contribution in [0.4, 0.5) is 0 Å². The van der Waals surface area contributed by atoms with E-state index in [-0.39, 0.29) is 5.22 Å². The van der Waals surface area contributed by atoms with Gasteiger partial charge in [-0.15, -0.1) is 0 Å². The molecule has 0 bridgehead atoms. The van der Waals surface area contributed by atoms with Gasteiger partial charge in [0.15, 0.2) is 8.32 Å². The third-order valence-corrected chi connectivity index (χ3v) is 49.2. The topological polar surface area (TPSA) is 18.5 Å². The lowest BCUT2D eigenvalue weighted by atomic mass is 9.91. The molecule has 1 aromatic rings. The van der Waals surface area contributed by atoms with Gasteiger partial charge in [0.25, 0.3) is 0 Å². The summed E-state index contributed by atoms with van der Waals surface area (Å²) in [7, 11) is -6.98. The quantitative estimate of drug-likeness (QED) is 0.357. The minimum absolute atomic E-state index is 0.159. The van der Waals surface area contributed by atoms with Crippen LogP contribution in [0.1, 0.15) is 18.9 Å². The van der Waals surface area contributed by atoms with Crippen molar-refractivity contribution in [1.82, 2.24) is 0 Å². The maximum atomic E-state index is 7.65. The van der Waals surface area contributed by atoms with Gasteiger partial charge >= 0.3 is 0 Å². The molecule has 2 aliphatic heterocycles. The van der Waals surface area contributed by atoms with Gasteiger partial charge in [0.05, 0.1) is 18.9 Å². The van der Waals surface area contributed by atoms with Crippen LogP contribution in [0, 0.1) is 5.92 Å². The predicted molar refractivity (Wildman–Crippen MR) is 137 cm³/mol. The molecule has 6 heteroatoms. The summed E-state index contributed by atoms with van der Waals surface area (Å²) in [5.41, 5.74) is 2.03. The second-order valence-electron chi connectivity index (χ2n) is 12.2. The lowest BCUT2D eigenvalue weighted by Crippen LogP contribution is -2.86. The maximum absolute atomic E-state index is 7.65. The summed E-state index contributed by atoms with van der Waals surface area (Å²) < 4.78 is 14.0. The summed E-state index contributed by atoms with van der Waals surface area (Å²) in [5, 5.41) is -0.159. The number of rotatable bonds is 4. The molecule has 0 aromatic heterocycles. The fourth-order valence-corrected chi connectivity index (χ4v) is 65.2. The summed E-state index contributed by atoms with van der Waals surface area (Å²) in [4.78, 5) is 0. The van der Waals surface area contributed by atoms with Crippen molar-refractivity contribution in [2.75, 3.05) is 6.61 Å². The average Bonchev–Trinajstić information content (AvgIpc) is 2.68. The van der Waals surface area contributed by atoms with E-state index in [2.05, 4.69) is 102 Å². The van der Waals surface area contributed by atoms with Gasteiger partial charge in [0.1, 0.15) is 5.75 Å². The molecule has 2 aliphatic rings. The molecule has 2 heterocycles. The fourth-order valence-electron chi connectivity index (χ4n) is 7.42. The van der Waals surface area contributed by atoms with E-state index < -0.39 is 30.6 Å². The number of benzene rings is 1. The Morgan fingerprint density at radius 1 is 0.931 bits per heavy atom. The van der Waals surface area contributed by atoms with Crippen molar-refractivity contribution in [3.63, 3.8) is 0 Å². The van der Waals surface area contributed by atoms with Crippen LogP contribution >= 0.6 is 0 Å². The van der Waals surface area contributed by atoms with E-state index in [1.165, 1.54) is 5.56 Å². The molecule has 0 amide bonds. The van der Waals surface area contributed by atoms with Crippen molar-refractivity contribution >= 4 is 30.6 Å². The molecule has 3 atom stereocenters. The van der Waals surface area contributed by atoms with E-state index in [9.17, 15) is 0 Å². The van der Waals surface area contributed by atoms with Gasteiger partial charge in [-0.05, 0) is 37.7 Å². The zero-order chi connectivity index (χ0) is 21.9. The SMILES string of the molecule is CC1C=CC2CCOc3ccccc3C2(O[Si](C)(C)C)[Si]1([Si](C)(C)C)[Si](C)(C)C. The molecular formula is C23H42O2Si4. The molecule has 2 nitrogen and oxygen atoms in total. The first kappa shape index (κ1) is 23.3. The Hall–Kier alpha value is -0.412. The van der Waals surface area contributed by atoms with Crippen molar-refractivity contribution in [3.05, 3.63) is 42.0 Å². The highest BCUT2D eigenvalue weighted by Crippen LogP contribution is 2.61. The van der Waals surface area contributed by atoms with Crippen LogP contribution in [-0.4, -0.2) is 37.2 Å². The summed E-state index contributed by atoms with van der Waals surface area (Å²) in [6.07, 6.45) is 6.20. The smallest absolute Gasteiger partial charge is 0.184 e. The number of hydrogen-bond donors (Lipinski definition) is 0. The standard InChI is InChI=1S/C23H42O2Si4/c1-19-15-16-20-17-18-24-22-14-12-11-13-21(22)23(20,25-26(2,3)4)29(19,27(5,6)7)28(8,9)10/h11-16,19-20H,17-18H2,1-10H3. The van der Waals surface area contributed by atoms with E-state index in [0.717, 1.165) is 18.8 Å². The minimum Gasteiger partial charge on any atom is -0.493 e. The highest BCUT2D eigenvalue weighted by molar-refractivity contribution is 7.70. The van der Waals surface area contributed by atoms with Crippen LogP contribution in [0.2, 0.25) is 64.5 Å². The molecule has 3 unspecified atom stereocenters. The Balaban J connectivity index is 2.54. The second kappa shape index (κ2) is 7.33. The van der Waals surface area contributed by atoms with Gasteiger partial charge in [0.2, 0.25) is 0 Å². The number of hydrogen-bond acceptors (Lipinski definition) is 2. The van der Waals surface area contributed by atoms with Gasteiger partial charge in [0, 0.05) is 26.7 Å². The minimum atomic E-state index is -1.97. The van der Waals surface area contributed by atoms with E-state index in [1.807, 2.05) is 0 Å². The van der Waals surface area contributed by atoms with E-state index >= 15 is 0 Å². The lowest BCUT2D eigenvalue weighted by Gasteiger charge is -2.67. The Morgan fingerprint density at radius 3 is 2.07 bits per heavy atom. The molecule has 0 aliphatic carbocycles. The molecule has 0 spiro atoms. The third-order valence-electron chi connectivity index (χ3n) is 7.23. The zero-order valence-corrected chi connectivity index (χ0v) is 24.3. The Kier molecular flexibility index (Phi) is 5.88. The molecule has 0 radical (unpaired) electrons. The summed E-state index contributed by atoms with van der Waals surface area (Å²) >= 11 is 0. The molecule has 3 rings (SSSR count). The molecule has 0 fully saturated rings. The van der Waals surface area contributed by atoms with Crippen molar-refractivity contribution in [2.45, 2.75) is 83.0 Å². The van der Waals surface area contributed by atoms with Gasteiger partial charge in [-0.1, -0.05) is 76.6 Å². The monoisotopic (exact) mass is 462 g/mol. The largest absolute Gasteiger partial charge is 0.493 e. The predicted octanol–water partition coefficient (Wildman–Crippen LogP) is 6.91. The number of para-hydroxylation sites is 1. The number of allylic oxidation sites excluding steroid dienone is 1. The highest BCUT2D eigenvalue weighted by Gasteiger charge is 2.73. The van der Waals surface area contributed by atoms with E-state index in [1.54, 1.807) is 0 Å². The first-order valence-corrected chi connectivity index (χ1v) is 25.8. The van der Waals surface area contributed by atoms with Gasteiger partial charge in [-0.25, -0.2) is 0 Å². The Labute approximate surface area is 182 Å². The first-order chi connectivity index (χ1) is 13.2. The van der Waals surface area contributed by atoms with Crippen LogP contribution < -0.4 is 4.74 Å². The van der Waals surface area contributed by atoms with Gasteiger partial charge < -0.3 is 9.16 Å². The van der Waals surface area contributed by atoms with Crippen LogP contribution in [0.3, 0.4) is 0 Å². The second-order valence-corrected chi connectivity index (χ2v) is 44.1. The van der Waals surface area contributed by atoms with Crippen LogP contribution in [0.25, 0.3) is 0 Å². The summed E-state index contributed by atoms with van der Waals surface area (Å²) in [6.45, 7) is 26.5. The number of fused-ring (bicyclic) bond motifs is 3. The van der Waals surface area contributed by atoms with E-state index in [0.29, 0.717) is 11.5 Å². The average molecular weight is 463 g/mol. The van der Waals surface area contributed by atoms with E-state index in [4.69, 9.17) is 9.16 Å². The van der Waals surface area contributed by atoms with Crippen molar-refractivity contribution < 1.29 is 9.16 Å². The summed E-state index contributed by atoms with van der Waals surface area (Å²) in [6, 6.07) is 8.91. The van der Waals surface area contributed by atoms with Gasteiger partial charge in [-0.2, -0.15) is 0 Å². The Morgan fingerprint density at radius 2 is 1.52 bits per heavy atom. The van der Waals surface area contributed by atoms with Crippen molar-refractivity contribution in [3.8, 4) is 5.75 Å². The molecule has 29 heavy (non-hydrogen) atoms. The molecule has 0 saturated carbocycles. The Bertz CT molecular complexity index is 771. The highest BCUT2D eigenvalue weighted by atomic mass is 29.6. The fraction of sp³-hybridized carbons (Fsp3) is 0.652. The first-order valence-electron chi connectivity index (χ1n) is 11.3. The summed E-state index contributed by atoms with van der Waals surface area (Å²) in [5.74, 6) is 1.52. The zero-order valence-electron chi connectivity index (χ0n) is 20.3. The molecule has 1 aromatic carbocycles. The van der Waals surface area contributed by atoms with Crippen molar-refractivity contribution in [2.24, 2.45) is 5.92 Å². The van der Waals surface area contributed by atoms with Gasteiger partial charge in [-0.3, -0.25) is 0 Å². The molecular weight excluding hydrogens is 421 g/mol. The molecule has 0 saturated heterocycles. The maximum Gasteiger partial charge on any atom is 0.184 e. The molecule has 162 valence electrons. The van der Waals surface area contributed by atoms with Crippen LogP contribution in [0.15, 0.2) is 36.4 Å². The third kappa shape index (κ3) is 3.43. The lowest BCUT2D eigenvalue weighted by molar-refractivity contribution is 0.0871. The van der Waals surface area contributed by atoms with Crippen molar-refractivity contribution in [1.29, 1.82) is 0 Å².